The van der Waals surface area contributed by atoms with Crippen LogP contribution in [0.4, 0.5) is 9.59 Å². The third-order valence-corrected chi connectivity index (χ3v) is 15.1. The third-order valence-electron chi connectivity index (χ3n) is 15.1. The van der Waals surface area contributed by atoms with E-state index in [0.717, 1.165) is 112 Å². The van der Waals surface area contributed by atoms with Crippen LogP contribution >= 0.6 is 0 Å². The van der Waals surface area contributed by atoms with Crippen molar-refractivity contribution in [2.24, 2.45) is 17.8 Å². The van der Waals surface area contributed by atoms with Crippen LogP contribution in [-0.4, -0.2) is 105 Å². The summed E-state index contributed by atoms with van der Waals surface area (Å²) < 4.78 is 22.0. The fourth-order valence-electron chi connectivity index (χ4n) is 11.7. The number of fused-ring (bicyclic) bond motifs is 7. The van der Waals surface area contributed by atoms with Crippen molar-refractivity contribution in [3.63, 3.8) is 0 Å². The number of amides is 4. The van der Waals surface area contributed by atoms with Crippen molar-refractivity contribution in [1.29, 1.82) is 0 Å². The van der Waals surface area contributed by atoms with Crippen molar-refractivity contribution in [3.8, 4) is 28.1 Å². The number of alkyl carbamates (subject to hydrolysis) is 2. The monoisotopic (exact) mass is 900 g/mol. The van der Waals surface area contributed by atoms with E-state index in [1.807, 2.05) is 29.8 Å². The Kier molecular flexibility index (Phi) is 11.9. The van der Waals surface area contributed by atoms with E-state index in [-0.39, 0.29) is 47.8 Å². The molecular formula is C50H60N8O8. The van der Waals surface area contributed by atoms with Crippen molar-refractivity contribution >= 4 is 45.8 Å². The molecule has 4 amide bonds. The lowest BCUT2D eigenvalue weighted by Gasteiger charge is -2.36. The number of ether oxygens (including phenoxy) is 4. The second kappa shape index (κ2) is 17.9. The van der Waals surface area contributed by atoms with Crippen LogP contribution in [0.2, 0.25) is 0 Å². The molecule has 0 radical (unpaired) electrons. The summed E-state index contributed by atoms with van der Waals surface area (Å²) in [5.74, 6) is 2.25. The average Bonchev–Trinajstić information content (AvgIpc) is 4.19. The Balaban J connectivity index is 0.915. The normalized spacial score (nSPS) is 23.6. The molecule has 2 aromatic heterocycles. The first-order chi connectivity index (χ1) is 32.0. The van der Waals surface area contributed by atoms with Gasteiger partial charge in [-0.3, -0.25) is 9.59 Å². The lowest BCUT2D eigenvalue weighted by atomic mass is 9.90. The fourth-order valence-corrected chi connectivity index (χ4v) is 11.7. The molecule has 66 heavy (non-hydrogen) atoms. The van der Waals surface area contributed by atoms with Gasteiger partial charge in [0.15, 0.2) is 0 Å². The number of hydrogen-bond donors (Lipinski definition) is 4. The largest absolute Gasteiger partial charge is 0.488 e. The highest BCUT2D eigenvalue weighted by Crippen LogP contribution is 2.49. The molecule has 348 valence electrons. The highest BCUT2D eigenvalue weighted by molar-refractivity contribution is 6.07. The first-order valence-electron chi connectivity index (χ1n) is 23.7. The number of hydrogen-bond acceptors (Lipinski definition) is 10. The minimum absolute atomic E-state index is 0.0338. The summed E-state index contributed by atoms with van der Waals surface area (Å²) in [6, 6.07) is 13.0. The second-order valence-electron chi connectivity index (χ2n) is 19.1. The van der Waals surface area contributed by atoms with Crippen LogP contribution in [0.25, 0.3) is 44.2 Å². The maximum atomic E-state index is 14.7. The van der Waals surface area contributed by atoms with Gasteiger partial charge in [-0.05, 0) is 115 Å². The zero-order chi connectivity index (χ0) is 45.8. The molecule has 6 heterocycles. The Morgan fingerprint density at radius 2 is 1.65 bits per heavy atom. The number of methoxy groups -OCH3 is 2. The molecule has 3 saturated heterocycles. The van der Waals surface area contributed by atoms with E-state index in [9.17, 15) is 19.2 Å². The van der Waals surface area contributed by atoms with E-state index in [1.165, 1.54) is 14.2 Å². The number of nitrogens with one attached hydrogen (secondary N) is 4. The maximum Gasteiger partial charge on any atom is 0.407 e. The maximum absolute atomic E-state index is 14.7. The lowest BCUT2D eigenvalue weighted by molar-refractivity contribution is -0.139. The molecular weight excluding hydrogens is 841 g/mol. The minimum Gasteiger partial charge on any atom is -0.488 e. The van der Waals surface area contributed by atoms with Gasteiger partial charge in [0.05, 0.1) is 49.2 Å². The molecule has 16 nitrogen and oxygen atoms in total. The Labute approximate surface area is 383 Å². The number of likely N-dealkylation sites (tertiary alicyclic amines) is 2. The van der Waals surface area contributed by atoms with Gasteiger partial charge in [0, 0.05) is 36.2 Å². The number of H-pyrrole nitrogens is 2. The molecule has 4 N–H and O–H groups in total. The molecule has 5 aliphatic rings. The number of imidazole rings is 2. The number of aromatic nitrogens is 4. The van der Waals surface area contributed by atoms with Crippen molar-refractivity contribution in [1.82, 2.24) is 40.4 Å². The van der Waals surface area contributed by atoms with Crippen LogP contribution in [-0.2, 0) is 30.4 Å². The Bertz CT molecular complexity index is 2670. The molecule has 16 heteroatoms. The molecule has 10 rings (SSSR count). The van der Waals surface area contributed by atoms with Crippen molar-refractivity contribution in [2.45, 2.75) is 121 Å². The second-order valence-corrected chi connectivity index (χ2v) is 19.1. The number of rotatable bonds is 10. The van der Waals surface area contributed by atoms with Gasteiger partial charge >= 0.3 is 12.2 Å². The van der Waals surface area contributed by atoms with Crippen molar-refractivity contribution in [2.75, 3.05) is 27.4 Å². The van der Waals surface area contributed by atoms with Crippen molar-refractivity contribution in [3.05, 3.63) is 65.9 Å². The number of nitrogens with zero attached hydrogens (tertiary/aromatic N) is 4. The molecule has 0 spiro atoms. The number of aromatic amines is 2. The summed E-state index contributed by atoms with van der Waals surface area (Å²) in [6.07, 6.45) is 8.28. The predicted molar refractivity (Wildman–Crippen MR) is 246 cm³/mol. The summed E-state index contributed by atoms with van der Waals surface area (Å²) >= 11 is 0. The number of carbonyl (C=O) groups is 4. The number of benzene rings is 3. The quantitative estimate of drug-likeness (QED) is 0.107. The highest BCUT2D eigenvalue weighted by Gasteiger charge is 2.50. The third kappa shape index (κ3) is 7.79. The highest BCUT2D eigenvalue weighted by atomic mass is 16.5. The smallest absolute Gasteiger partial charge is 0.407 e. The van der Waals surface area contributed by atoms with Gasteiger partial charge in [0.25, 0.3) is 0 Å². The van der Waals surface area contributed by atoms with Gasteiger partial charge in [-0.25, -0.2) is 19.6 Å². The van der Waals surface area contributed by atoms with Gasteiger partial charge in [0.2, 0.25) is 11.8 Å². The van der Waals surface area contributed by atoms with Crippen LogP contribution in [0.3, 0.4) is 0 Å². The van der Waals surface area contributed by atoms with Gasteiger partial charge < -0.3 is 49.3 Å². The SMILES string of the molecule is CC[C@H]1CC[C@@H](c2ncc(-c3ccc4c(c3)COc3cc5c(ccc6[nH]c([C@@H]7C[C@@H]8CCC[C@@H]8N7C(=O)[C@@H](NC(=O)OC)C7CCOCC7)nc65)cc3-4)[nH]2)N1C(=O)C(NC(=O)OC)C(C)C. The first-order valence-corrected chi connectivity index (χ1v) is 23.7. The van der Waals surface area contributed by atoms with Crippen LogP contribution in [0.15, 0.2) is 48.7 Å². The van der Waals surface area contributed by atoms with E-state index in [2.05, 4.69) is 70.0 Å². The summed E-state index contributed by atoms with van der Waals surface area (Å²) in [7, 11) is 2.63. The van der Waals surface area contributed by atoms with E-state index in [1.54, 1.807) is 0 Å². The first kappa shape index (κ1) is 43.7. The van der Waals surface area contributed by atoms with Crippen LogP contribution in [0, 0.1) is 17.8 Å². The molecule has 0 bridgehead atoms. The van der Waals surface area contributed by atoms with Crippen LogP contribution in [0.1, 0.15) is 108 Å². The molecule has 5 aromatic rings. The van der Waals surface area contributed by atoms with E-state index in [0.29, 0.717) is 38.6 Å². The Hall–Kier alpha value is -6.16. The molecule has 4 aliphatic heterocycles. The van der Waals surface area contributed by atoms with Crippen LogP contribution < -0.4 is 15.4 Å². The van der Waals surface area contributed by atoms with Gasteiger partial charge in [-0.15, -0.1) is 0 Å². The lowest BCUT2D eigenvalue weighted by Crippen LogP contribution is -2.55. The molecule has 3 aromatic carbocycles. The summed E-state index contributed by atoms with van der Waals surface area (Å²) in [4.78, 5) is 74.8. The van der Waals surface area contributed by atoms with Crippen molar-refractivity contribution < 1.29 is 38.1 Å². The molecule has 1 aliphatic carbocycles. The standard InChI is InChI=1S/C50H60N8O8/c1-6-32-12-15-39(57(32)47(59)42(26(2)3)55-49(61)63-4)45-51-24-37(53-45)29-10-13-33-31(20-29)25-66-41-23-34-28(21-35(33)41)11-14-36-44(34)54-46(52-36)40-22-30-8-7-9-38(30)58(40)48(60)43(56-50(62)64-5)27-16-18-65-19-17-27/h10-11,13-14,20-21,23-24,26-27,30,32,38-40,42-43H,6-9,12,15-19,22,25H2,1-5H3,(H,51,53)(H,52,54)(H,55,61)(H,56,62)/t30-,32-,38-,39-,40-,42?,43-/m0/s1. The summed E-state index contributed by atoms with van der Waals surface area (Å²) in [5, 5.41) is 7.66. The number of carbonyl (C=O) groups excluding carboxylic acids is 4. The molecule has 7 atom stereocenters. The van der Waals surface area contributed by atoms with Gasteiger partial charge in [-0.2, -0.15) is 0 Å². The predicted octanol–water partition coefficient (Wildman–Crippen LogP) is 8.08. The minimum atomic E-state index is -0.718. The topological polar surface area (TPSA) is 193 Å². The van der Waals surface area contributed by atoms with Gasteiger partial charge in [-0.1, -0.05) is 45.4 Å². The Morgan fingerprint density at radius 1 is 0.848 bits per heavy atom. The fraction of sp³-hybridized carbons (Fsp3) is 0.520. The van der Waals surface area contributed by atoms with Crippen LogP contribution in [0.5, 0.6) is 5.75 Å². The molecule has 4 fully saturated rings. The van der Waals surface area contributed by atoms with E-state index < -0.39 is 24.3 Å². The van der Waals surface area contributed by atoms with E-state index in [4.69, 9.17) is 28.9 Å². The molecule has 1 unspecified atom stereocenters. The average molecular weight is 901 g/mol. The zero-order valence-corrected chi connectivity index (χ0v) is 38.4. The summed E-state index contributed by atoms with van der Waals surface area (Å²) in [5.41, 5.74) is 6.67. The Morgan fingerprint density at radius 3 is 2.42 bits per heavy atom. The van der Waals surface area contributed by atoms with E-state index >= 15 is 0 Å². The summed E-state index contributed by atoms with van der Waals surface area (Å²) in [6.45, 7) is 7.42. The zero-order valence-electron chi connectivity index (χ0n) is 38.4. The van der Waals surface area contributed by atoms with Gasteiger partial charge in [0.1, 0.15) is 36.1 Å². The molecule has 1 saturated carbocycles.